The molecule has 1 N–H and O–H groups in total. The molecule has 0 aromatic heterocycles. The lowest BCUT2D eigenvalue weighted by molar-refractivity contribution is -0.139. The lowest BCUT2D eigenvalue weighted by Gasteiger charge is -2.38. The number of sulfone groups is 1. The van der Waals surface area contributed by atoms with Gasteiger partial charge in [-0.15, -0.1) is 0 Å². The number of hydrogen-bond donors (Lipinski definition) is 1. The molecule has 0 radical (unpaired) electrons. The van der Waals surface area contributed by atoms with Crippen molar-refractivity contribution < 1.29 is 27.5 Å². The Morgan fingerprint density at radius 2 is 1.59 bits per heavy atom. The largest absolute Gasteiger partial charge is 0.444 e. The Morgan fingerprint density at radius 1 is 1.05 bits per heavy atom. The van der Waals surface area contributed by atoms with Crippen LogP contribution in [0.25, 0.3) is 11.1 Å². The maximum atomic E-state index is 13.5. The highest BCUT2D eigenvalue weighted by Crippen LogP contribution is 2.26. The van der Waals surface area contributed by atoms with Gasteiger partial charge >= 0.3 is 6.09 Å². The molecule has 1 aliphatic heterocycles. The van der Waals surface area contributed by atoms with Crippen molar-refractivity contribution in [2.24, 2.45) is 0 Å². The Hall–Kier alpha value is -3.42. The number of ether oxygens (including phenoxy) is 2. The van der Waals surface area contributed by atoms with Gasteiger partial charge in [-0.05, 0) is 69.9 Å². The molecule has 1 saturated heterocycles. The van der Waals surface area contributed by atoms with E-state index in [4.69, 9.17) is 9.47 Å². The van der Waals surface area contributed by atoms with Gasteiger partial charge < -0.3 is 14.8 Å². The quantitative estimate of drug-likeness (QED) is 0.376. The molecule has 0 saturated carbocycles. The molecule has 1 heterocycles. The topological polar surface area (TPSA) is 126 Å². The van der Waals surface area contributed by atoms with E-state index in [1.54, 1.807) is 58.9 Å². The highest BCUT2D eigenvalue weighted by molar-refractivity contribution is 7.92. The van der Waals surface area contributed by atoms with Gasteiger partial charge in [-0.25, -0.2) is 18.1 Å². The van der Waals surface area contributed by atoms with Crippen LogP contribution in [0.5, 0.6) is 0 Å². The van der Waals surface area contributed by atoms with E-state index in [1.807, 2.05) is 30.5 Å². The van der Waals surface area contributed by atoms with Gasteiger partial charge in [0.05, 0.1) is 10.1 Å². The van der Waals surface area contributed by atoms with Gasteiger partial charge in [0.2, 0.25) is 0 Å². The molecule has 10 heteroatoms. The highest BCUT2D eigenvalue weighted by atomic mass is 32.2. The zero-order chi connectivity index (χ0) is 28.8. The molecule has 0 aliphatic carbocycles. The van der Waals surface area contributed by atoms with Gasteiger partial charge in [0, 0.05) is 32.6 Å². The van der Waals surface area contributed by atoms with Crippen molar-refractivity contribution in [2.45, 2.75) is 75.2 Å². The Kier molecular flexibility index (Phi) is 9.41. The molecule has 0 spiro atoms. The zero-order valence-corrected chi connectivity index (χ0v) is 24.0. The van der Waals surface area contributed by atoms with Crippen LogP contribution in [-0.2, 0) is 30.5 Å². The number of nitrogens with one attached hydrogen (secondary N) is 1. The van der Waals surface area contributed by atoms with Crippen LogP contribution in [0.1, 0.15) is 53.0 Å². The summed E-state index contributed by atoms with van der Waals surface area (Å²) in [7, 11) is -3.33. The first kappa shape index (κ1) is 30.1. The Balaban J connectivity index is 1.68. The molecule has 0 bridgehead atoms. The number of alkyl carbamates (subject to hydrolysis) is 1. The summed E-state index contributed by atoms with van der Waals surface area (Å²) in [5.41, 5.74) is 0.729. The first-order chi connectivity index (χ1) is 18.3. The van der Waals surface area contributed by atoms with E-state index in [9.17, 15) is 23.3 Å². The summed E-state index contributed by atoms with van der Waals surface area (Å²) in [5, 5.41) is 12.0. The number of benzene rings is 2. The number of nitriles is 1. The molecule has 2 aromatic rings. The van der Waals surface area contributed by atoms with Crippen LogP contribution < -0.4 is 5.32 Å². The average Bonchev–Trinajstić information content (AvgIpc) is 2.88. The Labute approximate surface area is 231 Å². The van der Waals surface area contributed by atoms with Crippen molar-refractivity contribution in [1.82, 2.24) is 10.2 Å². The van der Waals surface area contributed by atoms with Crippen molar-refractivity contribution in [3.8, 4) is 17.3 Å². The maximum absolute atomic E-state index is 13.5. The van der Waals surface area contributed by atoms with Crippen LogP contribution in [0.15, 0.2) is 53.4 Å². The fraction of sp³-hybridized carbons (Fsp3) is 0.483. The predicted octanol–water partition coefficient (Wildman–Crippen LogP) is 4.46. The van der Waals surface area contributed by atoms with Crippen molar-refractivity contribution in [3.63, 3.8) is 0 Å². The molecule has 2 aromatic carbocycles. The molecule has 210 valence electrons. The third-order valence-corrected chi connectivity index (χ3v) is 8.75. The van der Waals surface area contributed by atoms with Crippen molar-refractivity contribution >= 4 is 21.8 Å². The minimum Gasteiger partial charge on any atom is -0.444 e. The Bertz CT molecular complexity index is 1300. The van der Waals surface area contributed by atoms with Gasteiger partial charge in [0.15, 0.2) is 16.0 Å². The molecular formula is C29H37N3O6S. The number of amides is 2. The van der Waals surface area contributed by atoms with Crippen LogP contribution >= 0.6 is 0 Å². The second-order valence-corrected chi connectivity index (χ2v) is 13.4. The number of carbonyl (C=O) groups excluding carboxylic acids is 2. The molecule has 1 aliphatic rings. The molecule has 9 nitrogen and oxygen atoms in total. The molecule has 2 amide bonds. The smallest absolute Gasteiger partial charge is 0.408 e. The van der Waals surface area contributed by atoms with E-state index < -0.39 is 38.2 Å². The van der Waals surface area contributed by atoms with Crippen LogP contribution in [-0.4, -0.2) is 61.5 Å². The summed E-state index contributed by atoms with van der Waals surface area (Å²) in [6, 6.07) is 14.5. The van der Waals surface area contributed by atoms with Gasteiger partial charge in [-0.2, -0.15) is 5.26 Å². The van der Waals surface area contributed by atoms with E-state index in [1.165, 1.54) is 0 Å². The summed E-state index contributed by atoms with van der Waals surface area (Å²) in [6.45, 7) is 9.25. The first-order valence-corrected chi connectivity index (χ1v) is 14.6. The minimum absolute atomic E-state index is 0.148. The van der Waals surface area contributed by atoms with E-state index in [0.717, 1.165) is 21.6 Å². The fourth-order valence-electron chi connectivity index (χ4n) is 4.28. The molecule has 3 rings (SSSR count). The fourth-order valence-corrected chi connectivity index (χ4v) is 5.34. The van der Waals surface area contributed by atoms with E-state index in [-0.39, 0.29) is 32.6 Å². The van der Waals surface area contributed by atoms with Crippen molar-refractivity contribution in [2.75, 3.05) is 19.8 Å². The zero-order valence-electron chi connectivity index (χ0n) is 23.2. The van der Waals surface area contributed by atoms with E-state index in [0.29, 0.717) is 11.3 Å². The van der Waals surface area contributed by atoms with Gasteiger partial charge in [0.1, 0.15) is 11.1 Å². The Morgan fingerprint density at radius 3 is 2.08 bits per heavy atom. The van der Waals surface area contributed by atoms with Crippen molar-refractivity contribution in [1.29, 1.82) is 5.26 Å². The number of hydrogen-bond acceptors (Lipinski definition) is 7. The summed E-state index contributed by atoms with van der Waals surface area (Å²) in [6.07, 6.45) is 2.20. The van der Waals surface area contributed by atoms with Crippen LogP contribution in [0, 0.1) is 11.5 Å². The molecular weight excluding hydrogens is 518 g/mol. The van der Waals surface area contributed by atoms with Crippen LogP contribution in [0.2, 0.25) is 0 Å². The molecule has 39 heavy (non-hydrogen) atoms. The lowest BCUT2D eigenvalue weighted by Crippen LogP contribution is -2.62. The molecule has 0 unspecified atom stereocenters. The van der Waals surface area contributed by atoms with Crippen molar-refractivity contribution in [3.05, 3.63) is 54.1 Å². The molecule has 1 fully saturated rings. The van der Waals surface area contributed by atoms with Gasteiger partial charge in [0.25, 0.3) is 5.91 Å². The van der Waals surface area contributed by atoms with E-state index in [2.05, 4.69) is 5.32 Å². The highest BCUT2D eigenvalue weighted by Gasteiger charge is 2.45. The first-order valence-electron chi connectivity index (χ1n) is 13.0. The number of rotatable bonds is 8. The SMILES string of the molecule is CC(C)S(=O)(=O)c1ccc(-c2ccc(CCN(C#N)C(=O)C3(NC(=O)OC(C)(C)C)CCOCC3)cc2)cc1. The van der Waals surface area contributed by atoms with Crippen LogP contribution in [0.4, 0.5) is 4.79 Å². The van der Waals surface area contributed by atoms with Crippen LogP contribution in [0.3, 0.4) is 0 Å². The number of nitrogens with zero attached hydrogens (tertiary/aromatic N) is 2. The standard InChI is InChI=1S/C29H37N3O6S/c1-21(2)39(35,36)25-12-10-24(11-13-25)23-8-6-22(7-9-23)14-17-32(20-30)26(33)29(15-18-37-19-16-29)31-27(34)38-28(3,4)5/h6-13,21H,14-19H2,1-5H3,(H,31,34). The monoisotopic (exact) mass is 555 g/mol. The third-order valence-electron chi connectivity index (χ3n) is 6.58. The van der Waals surface area contributed by atoms with E-state index >= 15 is 0 Å². The molecule has 0 atom stereocenters. The summed E-state index contributed by atoms with van der Waals surface area (Å²) in [4.78, 5) is 27.4. The predicted molar refractivity (Wildman–Crippen MR) is 147 cm³/mol. The summed E-state index contributed by atoms with van der Waals surface area (Å²) in [5.74, 6) is -0.479. The third kappa shape index (κ3) is 7.58. The maximum Gasteiger partial charge on any atom is 0.408 e. The number of carbonyl (C=O) groups is 2. The van der Waals surface area contributed by atoms with Gasteiger partial charge in [-0.1, -0.05) is 36.4 Å². The average molecular weight is 556 g/mol. The van der Waals surface area contributed by atoms with Gasteiger partial charge in [-0.3, -0.25) is 4.79 Å². The second kappa shape index (κ2) is 12.2. The normalized spacial score (nSPS) is 15.3. The summed E-state index contributed by atoms with van der Waals surface area (Å²) < 4.78 is 35.5. The lowest BCUT2D eigenvalue weighted by atomic mass is 9.88. The second-order valence-electron chi connectivity index (χ2n) is 10.9. The minimum atomic E-state index is -3.33. The summed E-state index contributed by atoms with van der Waals surface area (Å²) >= 11 is 0.